The van der Waals surface area contributed by atoms with E-state index in [9.17, 15) is 9.59 Å². The average molecular weight is 336 g/mol. The second-order valence-corrected chi connectivity index (χ2v) is 6.40. The maximum Gasteiger partial charge on any atom is 0.375 e. The molecule has 1 heterocycles. The highest BCUT2D eigenvalue weighted by Crippen LogP contribution is 2.32. The van der Waals surface area contributed by atoms with Gasteiger partial charge in [-0.15, -0.1) is 0 Å². The number of benzene rings is 1. The molecule has 0 saturated heterocycles. The second kappa shape index (κ2) is 6.24. The van der Waals surface area contributed by atoms with Crippen LogP contribution in [0.3, 0.4) is 0 Å². The zero-order valence-corrected chi connectivity index (χ0v) is 13.8. The molecule has 6 heteroatoms. The van der Waals surface area contributed by atoms with E-state index in [1.165, 1.54) is 0 Å². The molecule has 1 fully saturated rings. The van der Waals surface area contributed by atoms with Gasteiger partial charge in [-0.05, 0) is 50.8 Å². The number of rotatable bonds is 5. The molecule has 0 bridgehead atoms. The molecule has 122 valence electrons. The number of fused-ring (bicyclic) bond motifs is 1. The first kappa shape index (κ1) is 15.9. The minimum Gasteiger partial charge on any atom is -0.450 e. The number of esters is 1. The molecule has 1 aliphatic rings. The predicted octanol–water partition coefficient (Wildman–Crippen LogP) is 3.47. The molecule has 5 nitrogen and oxygen atoms in total. The minimum atomic E-state index is -0.649. The lowest BCUT2D eigenvalue weighted by Crippen LogP contribution is -2.37. The lowest BCUT2D eigenvalue weighted by molar-refractivity contribution is -0.125. The number of nitrogens with one attached hydrogen (secondary N) is 1. The summed E-state index contributed by atoms with van der Waals surface area (Å²) in [6.45, 7) is 3.41. The number of hydrogen-bond donors (Lipinski definition) is 1. The molecule has 1 saturated carbocycles. The normalized spacial score (nSPS) is 15.4. The molecule has 0 unspecified atom stereocenters. The van der Waals surface area contributed by atoms with E-state index in [-0.39, 0.29) is 24.3 Å². The van der Waals surface area contributed by atoms with Gasteiger partial charge in [-0.3, -0.25) is 4.79 Å². The molecule has 1 aromatic carbocycles. The number of halogens is 1. The third-order valence-corrected chi connectivity index (χ3v) is 4.37. The van der Waals surface area contributed by atoms with Gasteiger partial charge < -0.3 is 14.5 Å². The molecule has 0 aliphatic heterocycles. The Hall–Kier alpha value is -2.01. The summed E-state index contributed by atoms with van der Waals surface area (Å²) in [6, 6.07) is 5.24. The fourth-order valence-corrected chi connectivity index (χ4v) is 2.77. The van der Waals surface area contributed by atoms with Crippen LogP contribution in [0.25, 0.3) is 11.0 Å². The molecule has 1 aromatic heterocycles. The Morgan fingerprint density at radius 1 is 1.43 bits per heavy atom. The van der Waals surface area contributed by atoms with E-state index >= 15 is 0 Å². The largest absolute Gasteiger partial charge is 0.450 e. The molecule has 3 rings (SSSR count). The summed E-state index contributed by atoms with van der Waals surface area (Å²) in [4.78, 5) is 23.9. The summed E-state index contributed by atoms with van der Waals surface area (Å²) in [6.07, 6.45) is 2.28. The van der Waals surface area contributed by atoms with Gasteiger partial charge in [0.25, 0.3) is 5.91 Å². The van der Waals surface area contributed by atoms with Crippen LogP contribution in [0.1, 0.15) is 35.9 Å². The number of amides is 1. The van der Waals surface area contributed by atoms with Gasteiger partial charge in [-0.2, -0.15) is 0 Å². The van der Waals surface area contributed by atoms with Crippen molar-refractivity contribution in [1.82, 2.24) is 5.32 Å². The standard InChI is InChI=1S/C17H18ClNO4/c1-9-13-7-12(18)5-6-14(13)23-16(9)17(21)22-8-15(20)19-10(2)11-3-4-11/h5-7,10-11H,3-4,8H2,1-2H3,(H,19,20)/t10-/m0/s1. The number of ether oxygens (including phenoxy) is 1. The van der Waals surface area contributed by atoms with E-state index in [0.717, 1.165) is 18.2 Å². The average Bonchev–Trinajstić information content (AvgIpc) is 3.31. The summed E-state index contributed by atoms with van der Waals surface area (Å²) in [5, 5.41) is 4.16. The first-order chi connectivity index (χ1) is 11.0. The van der Waals surface area contributed by atoms with Gasteiger partial charge in [-0.25, -0.2) is 4.79 Å². The number of aryl methyl sites for hydroxylation is 1. The van der Waals surface area contributed by atoms with Crippen molar-refractivity contribution < 1.29 is 18.7 Å². The first-order valence-corrected chi connectivity index (χ1v) is 7.98. The van der Waals surface area contributed by atoms with Gasteiger partial charge >= 0.3 is 5.97 Å². The van der Waals surface area contributed by atoms with Crippen molar-refractivity contribution in [2.24, 2.45) is 5.92 Å². The number of carbonyl (C=O) groups is 2. The highest BCUT2D eigenvalue weighted by Gasteiger charge is 2.29. The van der Waals surface area contributed by atoms with E-state index in [1.54, 1.807) is 25.1 Å². The van der Waals surface area contributed by atoms with Gasteiger partial charge in [-0.1, -0.05) is 11.6 Å². The van der Waals surface area contributed by atoms with E-state index in [1.807, 2.05) is 6.92 Å². The lowest BCUT2D eigenvalue weighted by atomic mass is 10.1. The maximum absolute atomic E-state index is 12.1. The quantitative estimate of drug-likeness (QED) is 0.849. The molecular weight excluding hydrogens is 318 g/mol. The summed E-state index contributed by atoms with van der Waals surface area (Å²) in [5.41, 5.74) is 1.21. The van der Waals surface area contributed by atoms with Crippen LogP contribution in [0, 0.1) is 12.8 Å². The predicted molar refractivity (Wildman–Crippen MR) is 86.6 cm³/mol. The highest BCUT2D eigenvalue weighted by atomic mass is 35.5. The topological polar surface area (TPSA) is 68.5 Å². The van der Waals surface area contributed by atoms with Crippen molar-refractivity contribution in [2.45, 2.75) is 32.7 Å². The van der Waals surface area contributed by atoms with Crippen molar-refractivity contribution in [1.29, 1.82) is 0 Å². The van der Waals surface area contributed by atoms with Crippen LogP contribution >= 0.6 is 11.6 Å². The Kier molecular flexibility index (Phi) is 4.31. The number of hydrogen-bond acceptors (Lipinski definition) is 4. The van der Waals surface area contributed by atoms with E-state index in [2.05, 4.69) is 5.32 Å². The molecule has 1 amide bonds. The van der Waals surface area contributed by atoms with Crippen LogP contribution in [0.2, 0.25) is 5.02 Å². The van der Waals surface area contributed by atoms with Crippen LogP contribution in [0.15, 0.2) is 22.6 Å². The van der Waals surface area contributed by atoms with Crippen molar-refractivity contribution in [3.8, 4) is 0 Å². The Labute approximate surface area is 138 Å². The van der Waals surface area contributed by atoms with Crippen molar-refractivity contribution in [3.63, 3.8) is 0 Å². The smallest absolute Gasteiger partial charge is 0.375 e. The summed E-state index contributed by atoms with van der Waals surface area (Å²) < 4.78 is 10.6. The monoisotopic (exact) mass is 335 g/mol. The zero-order valence-electron chi connectivity index (χ0n) is 13.0. The molecule has 1 atom stereocenters. The molecule has 2 aromatic rings. The molecule has 23 heavy (non-hydrogen) atoms. The third-order valence-electron chi connectivity index (χ3n) is 4.14. The first-order valence-electron chi connectivity index (χ1n) is 7.61. The Morgan fingerprint density at radius 3 is 2.87 bits per heavy atom. The Balaban J connectivity index is 1.63. The summed E-state index contributed by atoms with van der Waals surface area (Å²) >= 11 is 5.95. The van der Waals surface area contributed by atoms with Gasteiger partial charge in [0.2, 0.25) is 5.76 Å². The molecule has 0 radical (unpaired) electrons. The highest BCUT2D eigenvalue weighted by molar-refractivity contribution is 6.31. The van der Waals surface area contributed by atoms with Crippen LogP contribution in [0.5, 0.6) is 0 Å². The zero-order chi connectivity index (χ0) is 16.6. The molecule has 1 aliphatic carbocycles. The van der Waals surface area contributed by atoms with E-state index in [4.69, 9.17) is 20.8 Å². The fourth-order valence-electron chi connectivity index (χ4n) is 2.59. The molecule has 1 N–H and O–H groups in total. The minimum absolute atomic E-state index is 0.102. The molecule has 0 spiro atoms. The van der Waals surface area contributed by atoms with Gasteiger partial charge in [0.05, 0.1) is 0 Å². The Morgan fingerprint density at radius 2 is 2.17 bits per heavy atom. The van der Waals surface area contributed by atoms with Crippen LogP contribution in [0.4, 0.5) is 0 Å². The second-order valence-electron chi connectivity index (χ2n) is 5.97. The summed E-state index contributed by atoms with van der Waals surface area (Å²) in [7, 11) is 0. The fraction of sp³-hybridized carbons (Fsp3) is 0.412. The van der Waals surface area contributed by atoms with E-state index in [0.29, 0.717) is 22.1 Å². The van der Waals surface area contributed by atoms with Gasteiger partial charge in [0, 0.05) is 22.0 Å². The van der Waals surface area contributed by atoms with Crippen LogP contribution < -0.4 is 5.32 Å². The maximum atomic E-state index is 12.1. The number of carbonyl (C=O) groups excluding carboxylic acids is 2. The van der Waals surface area contributed by atoms with E-state index < -0.39 is 5.97 Å². The van der Waals surface area contributed by atoms with Crippen molar-refractivity contribution in [3.05, 3.63) is 34.5 Å². The van der Waals surface area contributed by atoms with Crippen molar-refractivity contribution >= 4 is 34.4 Å². The van der Waals surface area contributed by atoms with Crippen LogP contribution in [-0.2, 0) is 9.53 Å². The van der Waals surface area contributed by atoms with Gasteiger partial charge in [0.15, 0.2) is 6.61 Å². The number of furan rings is 1. The lowest BCUT2D eigenvalue weighted by Gasteiger charge is -2.12. The molecular formula is C17H18ClNO4. The van der Waals surface area contributed by atoms with Crippen molar-refractivity contribution in [2.75, 3.05) is 6.61 Å². The Bertz CT molecular complexity index is 763. The summed E-state index contributed by atoms with van der Waals surface area (Å²) in [5.74, 6) is -0.291. The van der Waals surface area contributed by atoms with Gasteiger partial charge in [0.1, 0.15) is 5.58 Å². The SMILES string of the molecule is Cc1c(C(=O)OCC(=O)N[C@@H](C)C2CC2)oc2ccc(Cl)cc12. The van der Waals surface area contributed by atoms with Crippen LogP contribution in [-0.4, -0.2) is 24.5 Å². The third kappa shape index (κ3) is 3.50.